The summed E-state index contributed by atoms with van der Waals surface area (Å²) in [7, 11) is 1.82. The highest BCUT2D eigenvalue weighted by Gasteiger charge is 2.10. The van der Waals surface area contributed by atoms with E-state index >= 15 is 0 Å². The van der Waals surface area contributed by atoms with Crippen LogP contribution in [0.15, 0.2) is 41.3 Å². The van der Waals surface area contributed by atoms with Gasteiger partial charge < -0.3 is 10.1 Å². The number of benzene rings is 1. The van der Waals surface area contributed by atoms with Gasteiger partial charge in [-0.05, 0) is 30.7 Å². The van der Waals surface area contributed by atoms with Gasteiger partial charge >= 0.3 is 0 Å². The van der Waals surface area contributed by atoms with Crippen LogP contribution in [0.25, 0.3) is 5.65 Å². The normalized spacial score (nSPS) is 10.8. The maximum absolute atomic E-state index is 5.87. The molecule has 0 saturated heterocycles. The molecule has 0 saturated carbocycles. The van der Waals surface area contributed by atoms with Crippen molar-refractivity contribution in [2.24, 2.45) is 0 Å². The fourth-order valence-corrected chi connectivity index (χ4v) is 2.13. The van der Waals surface area contributed by atoms with Crippen molar-refractivity contribution in [2.75, 3.05) is 12.4 Å². The minimum Gasteiger partial charge on any atom is -0.436 e. The van der Waals surface area contributed by atoms with Crippen molar-refractivity contribution < 1.29 is 4.74 Å². The van der Waals surface area contributed by atoms with E-state index in [0.717, 1.165) is 21.6 Å². The van der Waals surface area contributed by atoms with Crippen LogP contribution in [0.3, 0.4) is 0 Å². The first kappa shape index (κ1) is 12.9. The van der Waals surface area contributed by atoms with Gasteiger partial charge in [-0.2, -0.15) is 4.98 Å². The molecule has 0 amide bonds. The Morgan fingerprint density at radius 1 is 1.35 bits per heavy atom. The molecule has 2 heterocycles. The van der Waals surface area contributed by atoms with Crippen molar-refractivity contribution in [2.45, 2.75) is 6.92 Å². The van der Waals surface area contributed by atoms with Crippen molar-refractivity contribution in [1.82, 2.24) is 14.4 Å². The Hall–Kier alpha value is -2.08. The lowest BCUT2D eigenvalue weighted by Gasteiger charge is -2.09. The van der Waals surface area contributed by atoms with Gasteiger partial charge in [-0.1, -0.05) is 15.9 Å². The predicted octanol–water partition coefficient (Wildman–Crippen LogP) is 3.63. The molecule has 0 unspecified atom stereocenters. The van der Waals surface area contributed by atoms with Crippen molar-refractivity contribution >= 4 is 27.4 Å². The van der Waals surface area contributed by atoms with Crippen LogP contribution < -0.4 is 10.1 Å². The van der Waals surface area contributed by atoms with Gasteiger partial charge in [0.15, 0.2) is 0 Å². The van der Waals surface area contributed by atoms with E-state index in [2.05, 4.69) is 31.2 Å². The molecule has 1 N–H and O–H groups in total. The van der Waals surface area contributed by atoms with E-state index in [1.165, 1.54) is 0 Å². The minimum atomic E-state index is 0.476. The lowest BCUT2D eigenvalue weighted by atomic mass is 10.2. The number of imidazole rings is 1. The first-order chi connectivity index (χ1) is 9.67. The van der Waals surface area contributed by atoms with Crippen LogP contribution in [-0.4, -0.2) is 21.4 Å². The number of fused-ring (bicyclic) bond motifs is 1. The number of rotatable bonds is 3. The highest BCUT2D eigenvalue weighted by molar-refractivity contribution is 9.10. The quantitative estimate of drug-likeness (QED) is 0.795. The van der Waals surface area contributed by atoms with Gasteiger partial charge in [-0.3, -0.25) is 4.40 Å². The van der Waals surface area contributed by atoms with Crippen molar-refractivity contribution in [1.29, 1.82) is 0 Å². The molecule has 102 valence electrons. The number of nitrogens with zero attached hydrogens (tertiary/aromatic N) is 3. The van der Waals surface area contributed by atoms with E-state index in [9.17, 15) is 0 Å². The van der Waals surface area contributed by atoms with Gasteiger partial charge in [-0.25, -0.2) is 4.98 Å². The van der Waals surface area contributed by atoms with E-state index in [1.54, 1.807) is 6.20 Å². The molecule has 2 aromatic heterocycles. The maximum atomic E-state index is 5.87. The molecule has 3 rings (SSSR count). The van der Waals surface area contributed by atoms with Gasteiger partial charge in [0, 0.05) is 23.9 Å². The Kier molecular flexibility index (Phi) is 3.31. The summed E-state index contributed by atoms with van der Waals surface area (Å²) in [5.74, 6) is 1.93. The molecule has 3 aromatic rings. The Balaban J connectivity index is 2.04. The summed E-state index contributed by atoms with van der Waals surface area (Å²) in [6.07, 6.45) is 5.44. The van der Waals surface area contributed by atoms with Crippen LogP contribution in [0, 0.1) is 6.92 Å². The Bertz CT molecular complexity index is 769. The second-order valence-corrected chi connectivity index (χ2v) is 5.21. The molecule has 0 fully saturated rings. The van der Waals surface area contributed by atoms with Crippen LogP contribution >= 0.6 is 15.9 Å². The highest BCUT2D eigenvalue weighted by atomic mass is 79.9. The van der Waals surface area contributed by atoms with Crippen LogP contribution in [-0.2, 0) is 0 Å². The second-order valence-electron chi connectivity index (χ2n) is 4.35. The zero-order valence-electron chi connectivity index (χ0n) is 11.1. The van der Waals surface area contributed by atoms with Crippen molar-refractivity contribution in [3.8, 4) is 11.6 Å². The number of anilines is 1. The Morgan fingerprint density at radius 3 is 2.95 bits per heavy atom. The molecular formula is C14H13BrN4O. The predicted molar refractivity (Wildman–Crippen MR) is 81.5 cm³/mol. The zero-order valence-corrected chi connectivity index (χ0v) is 12.7. The number of nitrogens with one attached hydrogen (secondary N) is 1. The monoisotopic (exact) mass is 332 g/mol. The van der Waals surface area contributed by atoms with Crippen LogP contribution in [0.1, 0.15) is 5.56 Å². The number of hydrogen-bond donors (Lipinski definition) is 1. The average molecular weight is 333 g/mol. The average Bonchev–Trinajstić information content (AvgIpc) is 2.91. The lowest BCUT2D eigenvalue weighted by molar-refractivity contribution is 0.465. The third-order valence-electron chi connectivity index (χ3n) is 2.94. The molecule has 0 bridgehead atoms. The number of hydrogen-bond acceptors (Lipinski definition) is 4. The molecule has 0 atom stereocenters. The number of ether oxygens (including phenoxy) is 1. The molecule has 0 aliphatic rings. The molecule has 0 aliphatic carbocycles. The SMILES string of the molecule is CNc1cn2ccnc2c(Oc2ccc(Br)c(C)c2)n1. The zero-order chi connectivity index (χ0) is 14.1. The number of aryl methyl sites for hydroxylation is 1. The summed E-state index contributed by atoms with van der Waals surface area (Å²) in [6.45, 7) is 2.01. The smallest absolute Gasteiger partial charge is 0.265 e. The molecule has 0 radical (unpaired) electrons. The van der Waals surface area contributed by atoms with Crippen molar-refractivity contribution in [3.05, 3.63) is 46.8 Å². The molecule has 1 aromatic carbocycles. The van der Waals surface area contributed by atoms with E-state index in [0.29, 0.717) is 11.5 Å². The van der Waals surface area contributed by atoms with Gasteiger partial charge in [0.25, 0.3) is 5.88 Å². The number of aromatic nitrogens is 3. The fraction of sp³-hybridized carbons (Fsp3) is 0.143. The molecule has 20 heavy (non-hydrogen) atoms. The van der Waals surface area contributed by atoms with E-state index in [1.807, 2.05) is 49.0 Å². The largest absolute Gasteiger partial charge is 0.436 e. The van der Waals surface area contributed by atoms with Crippen molar-refractivity contribution in [3.63, 3.8) is 0 Å². The summed E-state index contributed by atoms with van der Waals surface area (Å²) in [4.78, 5) is 8.68. The number of halogens is 1. The Labute approximate surface area is 124 Å². The molecule has 0 spiro atoms. The van der Waals surface area contributed by atoms with Gasteiger partial charge in [0.1, 0.15) is 11.6 Å². The molecule has 5 nitrogen and oxygen atoms in total. The van der Waals surface area contributed by atoms with Gasteiger partial charge in [0.2, 0.25) is 5.65 Å². The topological polar surface area (TPSA) is 51.5 Å². The molecule has 6 heteroatoms. The van der Waals surface area contributed by atoms with Crippen LogP contribution in [0.2, 0.25) is 0 Å². The van der Waals surface area contributed by atoms with E-state index in [4.69, 9.17) is 4.74 Å². The lowest BCUT2D eigenvalue weighted by Crippen LogP contribution is -1.99. The van der Waals surface area contributed by atoms with Crippen LogP contribution in [0.4, 0.5) is 5.82 Å². The Morgan fingerprint density at radius 2 is 2.20 bits per heavy atom. The molecule has 0 aliphatic heterocycles. The van der Waals surface area contributed by atoms with Gasteiger partial charge in [-0.15, -0.1) is 0 Å². The summed E-state index contributed by atoms with van der Waals surface area (Å²) >= 11 is 3.47. The van der Waals surface area contributed by atoms with Gasteiger partial charge in [0.05, 0.1) is 6.20 Å². The first-order valence-corrected chi connectivity index (χ1v) is 6.92. The standard InChI is InChI=1S/C14H13BrN4O/c1-9-7-10(3-4-11(9)15)20-14-13-17-5-6-19(13)8-12(16-2)18-14/h3-8,16H,1-2H3. The first-order valence-electron chi connectivity index (χ1n) is 6.13. The third-order valence-corrected chi connectivity index (χ3v) is 3.83. The summed E-state index contributed by atoms with van der Waals surface area (Å²) in [5.41, 5.74) is 1.79. The summed E-state index contributed by atoms with van der Waals surface area (Å²) in [6, 6.07) is 5.80. The van der Waals surface area contributed by atoms with Crippen LogP contribution in [0.5, 0.6) is 11.6 Å². The minimum absolute atomic E-state index is 0.476. The summed E-state index contributed by atoms with van der Waals surface area (Å²) < 4.78 is 8.80. The van der Waals surface area contributed by atoms with E-state index < -0.39 is 0 Å². The summed E-state index contributed by atoms with van der Waals surface area (Å²) in [5, 5.41) is 3.01. The molecular weight excluding hydrogens is 320 g/mol. The van der Waals surface area contributed by atoms with E-state index in [-0.39, 0.29) is 0 Å². The third kappa shape index (κ3) is 2.34. The maximum Gasteiger partial charge on any atom is 0.265 e. The fourth-order valence-electron chi connectivity index (χ4n) is 1.88. The highest BCUT2D eigenvalue weighted by Crippen LogP contribution is 2.28. The second kappa shape index (κ2) is 5.13.